The lowest BCUT2D eigenvalue weighted by Crippen LogP contribution is -2.55. The molecule has 3 rings (SSSR count). The molecule has 1 aromatic carbocycles. The number of nitrogens with zero attached hydrogens (tertiary/aromatic N) is 3. The number of benzene rings is 1. The van der Waals surface area contributed by atoms with Crippen molar-refractivity contribution in [2.24, 2.45) is 11.1 Å². The number of aliphatic hydroxyl groups is 1. The van der Waals surface area contributed by atoms with Crippen LogP contribution in [0.5, 0.6) is 0 Å². The zero-order valence-electron chi connectivity index (χ0n) is 19.7. The standard InChI is InChI=1S/C24H34N4O3S/c1-14-20(32-13-26-14)17-9-7-16(8-10-17)15(2)27(6)22(30)19-11-18(29)12-28(19)23(31)21(25)24(3,4)5/h7-10,13,15,18-19,21,29H,11-12,25H2,1-6H3/t15-,18+,19-,21?/m0/s1. The molecule has 3 N–H and O–H groups in total. The minimum absolute atomic E-state index is 0.129. The van der Waals surface area contributed by atoms with Crippen LogP contribution in [0.15, 0.2) is 29.8 Å². The fourth-order valence-electron chi connectivity index (χ4n) is 3.98. The van der Waals surface area contributed by atoms with E-state index in [1.165, 1.54) is 4.90 Å². The number of β-amino-alcohol motifs (C(OH)–C–C–N with tert-alkyl or cyclic N) is 1. The summed E-state index contributed by atoms with van der Waals surface area (Å²) in [4.78, 5) is 34.9. The fourth-order valence-corrected chi connectivity index (χ4v) is 4.79. The quantitative estimate of drug-likeness (QED) is 0.718. The topological polar surface area (TPSA) is 99.8 Å². The van der Waals surface area contributed by atoms with Crippen LogP contribution in [0.3, 0.4) is 0 Å². The Morgan fingerprint density at radius 3 is 2.44 bits per heavy atom. The molecule has 32 heavy (non-hydrogen) atoms. The van der Waals surface area contributed by atoms with Crippen molar-refractivity contribution in [3.05, 3.63) is 41.0 Å². The SMILES string of the molecule is Cc1ncsc1-c1ccc([C@H](C)N(C)C(=O)[C@@H]2C[C@@H](O)CN2C(=O)C(N)C(C)(C)C)cc1. The van der Waals surface area contributed by atoms with E-state index in [2.05, 4.69) is 4.98 Å². The molecule has 0 spiro atoms. The summed E-state index contributed by atoms with van der Waals surface area (Å²) in [5.41, 5.74) is 10.7. The minimum Gasteiger partial charge on any atom is -0.391 e. The first-order valence-corrected chi connectivity index (χ1v) is 11.8. The predicted octanol–water partition coefficient (Wildman–Crippen LogP) is 2.97. The number of carbonyl (C=O) groups is 2. The molecule has 0 aliphatic carbocycles. The van der Waals surface area contributed by atoms with Crippen molar-refractivity contribution < 1.29 is 14.7 Å². The van der Waals surface area contributed by atoms with E-state index in [4.69, 9.17) is 5.73 Å². The molecule has 2 heterocycles. The van der Waals surface area contributed by atoms with Crippen molar-refractivity contribution in [2.45, 2.75) is 65.3 Å². The zero-order chi connectivity index (χ0) is 23.8. The maximum absolute atomic E-state index is 13.4. The molecule has 8 heteroatoms. The highest BCUT2D eigenvalue weighted by atomic mass is 32.1. The highest BCUT2D eigenvalue weighted by Crippen LogP contribution is 2.31. The van der Waals surface area contributed by atoms with Crippen molar-refractivity contribution in [2.75, 3.05) is 13.6 Å². The number of aliphatic hydroxyl groups excluding tert-OH is 1. The molecule has 1 fully saturated rings. The summed E-state index contributed by atoms with van der Waals surface area (Å²) in [6.07, 6.45) is -0.507. The Labute approximate surface area is 194 Å². The molecule has 1 saturated heterocycles. The summed E-state index contributed by atoms with van der Waals surface area (Å²) >= 11 is 1.60. The Hall–Kier alpha value is -2.29. The number of likely N-dealkylation sites (tertiary alicyclic amines) is 1. The number of likely N-dealkylation sites (N-methyl/N-ethyl adjacent to an activating group) is 1. The maximum atomic E-state index is 13.4. The summed E-state index contributed by atoms with van der Waals surface area (Å²) in [5, 5.41) is 10.2. The second-order valence-electron chi connectivity index (χ2n) is 9.75. The van der Waals surface area contributed by atoms with Gasteiger partial charge in [0.2, 0.25) is 11.8 Å². The Morgan fingerprint density at radius 1 is 1.28 bits per heavy atom. The molecule has 1 unspecified atom stereocenters. The van der Waals surface area contributed by atoms with Crippen molar-refractivity contribution >= 4 is 23.2 Å². The summed E-state index contributed by atoms with van der Waals surface area (Å²) in [6, 6.07) is 6.48. The van der Waals surface area contributed by atoms with Crippen molar-refractivity contribution in [3.63, 3.8) is 0 Å². The van der Waals surface area contributed by atoms with Crippen LogP contribution in [0.1, 0.15) is 51.4 Å². The number of carbonyl (C=O) groups excluding carboxylic acids is 2. The number of rotatable bonds is 5. The molecule has 2 aromatic rings. The van der Waals surface area contributed by atoms with Gasteiger partial charge in [0.15, 0.2) is 0 Å². The van der Waals surface area contributed by atoms with Gasteiger partial charge in [0.1, 0.15) is 6.04 Å². The first kappa shape index (κ1) is 24.4. The van der Waals surface area contributed by atoms with Gasteiger partial charge < -0.3 is 20.6 Å². The minimum atomic E-state index is -0.742. The summed E-state index contributed by atoms with van der Waals surface area (Å²) in [7, 11) is 1.74. The lowest BCUT2D eigenvalue weighted by atomic mass is 9.86. The van der Waals surface area contributed by atoms with Gasteiger partial charge in [0.25, 0.3) is 0 Å². The van der Waals surface area contributed by atoms with Crippen LogP contribution < -0.4 is 5.73 Å². The molecule has 2 amide bonds. The van der Waals surface area contributed by atoms with Crippen LogP contribution in [0.4, 0.5) is 0 Å². The van der Waals surface area contributed by atoms with E-state index in [0.29, 0.717) is 0 Å². The van der Waals surface area contributed by atoms with Crippen LogP contribution in [0.2, 0.25) is 0 Å². The first-order chi connectivity index (χ1) is 14.9. The highest BCUT2D eigenvalue weighted by Gasteiger charge is 2.44. The second kappa shape index (κ2) is 9.29. The normalized spacial score (nSPS) is 20.8. The van der Waals surface area contributed by atoms with E-state index in [-0.39, 0.29) is 30.8 Å². The van der Waals surface area contributed by atoms with Crippen molar-refractivity contribution in [1.29, 1.82) is 0 Å². The smallest absolute Gasteiger partial charge is 0.245 e. The lowest BCUT2D eigenvalue weighted by Gasteiger charge is -2.35. The Balaban J connectivity index is 1.76. The van der Waals surface area contributed by atoms with Gasteiger partial charge in [0.05, 0.1) is 34.3 Å². The van der Waals surface area contributed by atoms with E-state index in [9.17, 15) is 14.7 Å². The van der Waals surface area contributed by atoms with Gasteiger partial charge in [0, 0.05) is 20.0 Å². The van der Waals surface area contributed by atoms with Crippen molar-refractivity contribution in [1.82, 2.24) is 14.8 Å². The largest absolute Gasteiger partial charge is 0.391 e. The van der Waals surface area contributed by atoms with E-state index in [1.54, 1.807) is 23.3 Å². The molecule has 174 valence electrons. The van der Waals surface area contributed by atoms with E-state index in [0.717, 1.165) is 21.7 Å². The average molecular weight is 459 g/mol. The Bertz CT molecular complexity index is 966. The third kappa shape index (κ3) is 4.87. The van der Waals surface area contributed by atoms with E-state index in [1.807, 2.05) is 64.4 Å². The monoisotopic (exact) mass is 458 g/mol. The van der Waals surface area contributed by atoms with Crippen LogP contribution in [0, 0.1) is 12.3 Å². The maximum Gasteiger partial charge on any atom is 0.245 e. The lowest BCUT2D eigenvalue weighted by molar-refractivity contribution is -0.146. The third-order valence-electron chi connectivity index (χ3n) is 6.38. The summed E-state index contributed by atoms with van der Waals surface area (Å²) in [5.74, 6) is -0.483. The molecule has 0 bridgehead atoms. The zero-order valence-corrected chi connectivity index (χ0v) is 20.5. The number of hydrogen-bond donors (Lipinski definition) is 2. The number of hydrogen-bond acceptors (Lipinski definition) is 6. The predicted molar refractivity (Wildman–Crippen MR) is 127 cm³/mol. The third-order valence-corrected chi connectivity index (χ3v) is 7.35. The number of aromatic nitrogens is 1. The van der Waals surface area contributed by atoms with Gasteiger partial charge in [-0.2, -0.15) is 0 Å². The molecular weight excluding hydrogens is 424 g/mol. The number of nitrogens with two attached hydrogens (primary N) is 1. The van der Waals surface area contributed by atoms with Gasteiger partial charge in [-0.05, 0) is 30.4 Å². The number of aryl methyl sites for hydroxylation is 1. The molecule has 7 nitrogen and oxygen atoms in total. The molecule has 1 aromatic heterocycles. The Kier molecular flexibility index (Phi) is 7.07. The van der Waals surface area contributed by atoms with Gasteiger partial charge >= 0.3 is 0 Å². The summed E-state index contributed by atoms with van der Waals surface area (Å²) < 4.78 is 0. The van der Waals surface area contributed by atoms with Gasteiger partial charge in [-0.1, -0.05) is 45.0 Å². The molecule has 4 atom stereocenters. The Morgan fingerprint density at radius 2 is 1.91 bits per heavy atom. The van der Waals surface area contributed by atoms with Crippen LogP contribution in [0.25, 0.3) is 10.4 Å². The molecule has 0 radical (unpaired) electrons. The molecule has 1 aliphatic heterocycles. The fraction of sp³-hybridized carbons (Fsp3) is 0.542. The second-order valence-corrected chi connectivity index (χ2v) is 10.6. The molecule has 1 aliphatic rings. The van der Waals surface area contributed by atoms with Crippen LogP contribution in [-0.2, 0) is 9.59 Å². The number of amides is 2. The van der Waals surface area contributed by atoms with Gasteiger partial charge in [-0.25, -0.2) is 4.98 Å². The average Bonchev–Trinajstić information content (AvgIpc) is 3.36. The molecular formula is C24H34N4O3S. The number of thiazole rings is 1. The molecule has 0 saturated carbocycles. The first-order valence-electron chi connectivity index (χ1n) is 10.9. The van der Waals surface area contributed by atoms with Crippen LogP contribution >= 0.6 is 11.3 Å². The highest BCUT2D eigenvalue weighted by molar-refractivity contribution is 7.13. The van der Waals surface area contributed by atoms with E-state index >= 15 is 0 Å². The van der Waals surface area contributed by atoms with Crippen LogP contribution in [-0.4, -0.2) is 63.5 Å². The summed E-state index contributed by atoms with van der Waals surface area (Å²) in [6.45, 7) is 9.76. The van der Waals surface area contributed by atoms with E-state index < -0.39 is 23.6 Å². The van der Waals surface area contributed by atoms with Crippen molar-refractivity contribution in [3.8, 4) is 10.4 Å². The van der Waals surface area contributed by atoms with Gasteiger partial charge in [-0.3, -0.25) is 9.59 Å². The van der Waals surface area contributed by atoms with Gasteiger partial charge in [-0.15, -0.1) is 11.3 Å².